The minimum atomic E-state index is -0.234. The Morgan fingerprint density at radius 2 is 0.727 bits per heavy atom. The molecular weight excluding hydrogens is 422 g/mol. The van der Waals surface area contributed by atoms with Gasteiger partial charge in [0.25, 0.3) is 23.6 Å². The van der Waals surface area contributed by atoms with Crippen LogP contribution in [0.3, 0.4) is 0 Å². The summed E-state index contributed by atoms with van der Waals surface area (Å²) < 4.78 is 0. The topological polar surface area (TPSA) is 111 Å². The molecule has 33 heavy (non-hydrogen) atoms. The van der Waals surface area contributed by atoms with Gasteiger partial charge in [0.2, 0.25) is 0 Å². The van der Waals surface area contributed by atoms with E-state index in [1.165, 1.54) is 9.80 Å². The number of imide groups is 2. The lowest BCUT2D eigenvalue weighted by molar-refractivity contribution is 0.0640. The fraction of sp³-hybridized carbons (Fsp3) is 0.333. The van der Waals surface area contributed by atoms with E-state index in [0.717, 1.165) is 13.1 Å². The average Bonchev–Trinajstić information content (AvgIpc) is 3.23. The van der Waals surface area contributed by atoms with Crippen molar-refractivity contribution in [1.82, 2.24) is 25.8 Å². The van der Waals surface area contributed by atoms with E-state index in [4.69, 9.17) is 0 Å². The maximum absolute atomic E-state index is 12.3. The molecule has 4 rings (SSSR count). The summed E-state index contributed by atoms with van der Waals surface area (Å²) >= 11 is 0. The minimum Gasteiger partial charge on any atom is -0.314 e. The van der Waals surface area contributed by atoms with Gasteiger partial charge in [-0.15, -0.1) is 0 Å². The van der Waals surface area contributed by atoms with Gasteiger partial charge in [-0.1, -0.05) is 24.3 Å². The summed E-state index contributed by atoms with van der Waals surface area (Å²) in [6, 6.07) is 13.8. The summed E-state index contributed by atoms with van der Waals surface area (Å²) in [6.45, 7) is 4.63. The predicted octanol–water partition coefficient (Wildman–Crippen LogP) is 0.348. The molecule has 0 aliphatic carbocycles. The molecule has 0 spiro atoms. The zero-order valence-corrected chi connectivity index (χ0v) is 18.3. The van der Waals surface area contributed by atoms with Crippen molar-refractivity contribution in [2.45, 2.75) is 0 Å². The number of nitrogens with zero attached hydrogens (tertiary/aromatic N) is 2. The summed E-state index contributed by atoms with van der Waals surface area (Å²) in [4.78, 5) is 51.7. The number of carbonyl (C=O) groups excluding carboxylic acids is 4. The van der Waals surface area contributed by atoms with Gasteiger partial charge in [-0.05, 0) is 24.3 Å². The molecule has 9 nitrogen and oxygen atoms in total. The lowest BCUT2D eigenvalue weighted by Crippen LogP contribution is -2.40. The van der Waals surface area contributed by atoms with E-state index in [1.807, 2.05) is 0 Å². The normalized spacial score (nSPS) is 14.9. The molecule has 9 heteroatoms. The SMILES string of the molecule is O=C1c2ccccc2C(=O)N1CCNCCNCCNCCN1C(=O)c2ccccc2C1=O. The predicted molar refractivity (Wildman–Crippen MR) is 122 cm³/mol. The Morgan fingerprint density at radius 1 is 0.455 bits per heavy atom. The van der Waals surface area contributed by atoms with Gasteiger partial charge >= 0.3 is 0 Å². The zero-order valence-electron chi connectivity index (χ0n) is 18.3. The van der Waals surface area contributed by atoms with E-state index in [2.05, 4.69) is 16.0 Å². The van der Waals surface area contributed by atoms with Crippen LogP contribution in [0, 0.1) is 0 Å². The van der Waals surface area contributed by atoms with E-state index in [1.54, 1.807) is 48.5 Å². The summed E-state index contributed by atoms with van der Waals surface area (Å²) in [5.41, 5.74) is 1.89. The van der Waals surface area contributed by atoms with Crippen LogP contribution >= 0.6 is 0 Å². The summed E-state index contributed by atoms with van der Waals surface area (Å²) in [6.07, 6.45) is 0. The quantitative estimate of drug-likeness (QED) is 0.317. The molecule has 0 saturated carbocycles. The highest BCUT2D eigenvalue weighted by molar-refractivity contribution is 6.22. The second kappa shape index (κ2) is 10.5. The van der Waals surface area contributed by atoms with Crippen molar-refractivity contribution in [3.05, 3.63) is 70.8 Å². The lowest BCUT2D eigenvalue weighted by Gasteiger charge is -2.15. The van der Waals surface area contributed by atoms with Crippen LogP contribution in [-0.2, 0) is 0 Å². The number of hydrogen-bond donors (Lipinski definition) is 3. The fourth-order valence-corrected chi connectivity index (χ4v) is 3.99. The van der Waals surface area contributed by atoms with Gasteiger partial charge in [0.05, 0.1) is 22.3 Å². The zero-order chi connectivity index (χ0) is 23.2. The second-order valence-corrected chi connectivity index (χ2v) is 7.87. The van der Waals surface area contributed by atoms with E-state index in [9.17, 15) is 19.2 Å². The number of nitrogens with one attached hydrogen (secondary N) is 3. The van der Waals surface area contributed by atoms with E-state index >= 15 is 0 Å². The second-order valence-electron chi connectivity index (χ2n) is 7.87. The Hall–Kier alpha value is -3.40. The highest BCUT2D eigenvalue weighted by atomic mass is 16.2. The molecule has 4 amide bonds. The molecule has 2 aliphatic rings. The van der Waals surface area contributed by atoms with E-state index < -0.39 is 0 Å². The van der Waals surface area contributed by atoms with Crippen molar-refractivity contribution in [3.8, 4) is 0 Å². The average molecular weight is 450 g/mol. The number of benzene rings is 2. The van der Waals surface area contributed by atoms with Crippen molar-refractivity contribution in [2.24, 2.45) is 0 Å². The van der Waals surface area contributed by atoms with Crippen molar-refractivity contribution in [1.29, 1.82) is 0 Å². The molecule has 2 heterocycles. The molecule has 2 aromatic carbocycles. The molecule has 0 radical (unpaired) electrons. The number of carbonyl (C=O) groups is 4. The molecule has 3 N–H and O–H groups in total. The molecule has 0 saturated heterocycles. The minimum absolute atomic E-state index is 0.234. The molecule has 0 unspecified atom stereocenters. The number of fused-ring (bicyclic) bond motifs is 2. The summed E-state index contributed by atoms with van der Waals surface area (Å²) in [7, 11) is 0. The number of amides is 4. The Morgan fingerprint density at radius 3 is 1.03 bits per heavy atom. The van der Waals surface area contributed by atoms with Crippen LogP contribution in [0.5, 0.6) is 0 Å². The van der Waals surface area contributed by atoms with Gasteiger partial charge in [0.1, 0.15) is 0 Å². The Bertz CT molecular complexity index is 917. The Kier molecular flexibility index (Phi) is 7.23. The first-order chi connectivity index (χ1) is 16.1. The smallest absolute Gasteiger partial charge is 0.261 e. The molecule has 0 bridgehead atoms. The van der Waals surface area contributed by atoms with Crippen LogP contribution in [0.4, 0.5) is 0 Å². The van der Waals surface area contributed by atoms with Gasteiger partial charge in [-0.2, -0.15) is 0 Å². The largest absolute Gasteiger partial charge is 0.314 e. The van der Waals surface area contributed by atoms with Crippen molar-refractivity contribution in [3.63, 3.8) is 0 Å². The monoisotopic (exact) mass is 449 g/mol. The standard InChI is InChI=1S/C24H27N5O4/c30-21-17-5-1-2-6-18(17)22(31)28(21)15-13-26-11-9-25-10-12-27-14-16-29-23(32)19-7-3-4-8-20(19)24(29)33/h1-8,25-27H,9-16H2. The molecule has 2 aliphatic heterocycles. The van der Waals surface area contributed by atoms with Crippen LogP contribution in [0.1, 0.15) is 41.4 Å². The maximum atomic E-state index is 12.3. The Balaban J connectivity index is 1.02. The van der Waals surface area contributed by atoms with Crippen LogP contribution in [-0.4, -0.2) is 85.8 Å². The fourth-order valence-electron chi connectivity index (χ4n) is 3.99. The first-order valence-corrected chi connectivity index (χ1v) is 11.1. The molecule has 0 fully saturated rings. The van der Waals surface area contributed by atoms with E-state index in [0.29, 0.717) is 61.5 Å². The van der Waals surface area contributed by atoms with Gasteiger partial charge in [0, 0.05) is 52.4 Å². The van der Waals surface area contributed by atoms with Crippen molar-refractivity contribution < 1.29 is 19.2 Å². The molecule has 2 aromatic rings. The Labute approximate surface area is 192 Å². The van der Waals surface area contributed by atoms with Crippen LogP contribution in [0.25, 0.3) is 0 Å². The first kappa shape index (κ1) is 22.8. The third-order valence-electron chi connectivity index (χ3n) is 5.74. The van der Waals surface area contributed by atoms with Crippen LogP contribution < -0.4 is 16.0 Å². The van der Waals surface area contributed by atoms with Gasteiger partial charge in [0.15, 0.2) is 0 Å². The molecular formula is C24H27N5O4. The molecule has 0 atom stereocenters. The van der Waals surface area contributed by atoms with Gasteiger partial charge in [-0.25, -0.2) is 0 Å². The maximum Gasteiger partial charge on any atom is 0.261 e. The number of hydrogen-bond acceptors (Lipinski definition) is 7. The van der Waals surface area contributed by atoms with Gasteiger partial charge in [-0.3, -0.25) is 29.0 Å². The third kappa shape index (κ3) is 4.85. The van der Waals surface area contributed by atoms with Crippen LogP contribution in [0.15, 0.2) is 48.5 Å². The molecule has 0 aromatic heterocycles. The third-order valence-corrected chi connectivity index (χ3v) is 5.74. The summed E-state index contributed by atoms with van der Waals surface area (Å²) in [5, 5.41) is 9.74. The van der Waals surface area contributed by atoms with Crippen LogP contribution in [0.2, 0.25) is 0 Å². The molecule has 172 valence electrons. The first-order valence-electron chi connectivity index (χ1n) is 11.1. The lowest BCUT2D eigenvalue weighted by atomic mass is 10.1. The number of rotatable bonds is 12. The highest BCUT2D eigenvalue weighted by Gasteiger charge is 2.35. The van der Waals surface area contributed by atoms with Gasteiger partial charge < -0.3 is 16.0 Å². The highest BCUT2D eigenvalue weighted by Crippen LogP contribution is 2.22. The van der Waals surface area contributed by atoms with Crippen molar-refractivity contribution >= 4 is 23.6 Å². The summed E-state index contributed by atoms with van der Waals surface area (Å²) in [5.74, 6) is -0.934. The van der Waals surface area contributed by atoms with Crippen molar-refractivity contribution in [2.75, 3.05) is 52.4 Å². The van der Waals surface area contributed by atoms with E-state index in [-0.39, 0.29) is 23.6 Å².